The van der Waals surface area contributed by atoms with Crippen molar-refractivity contribution in [3.05, 3.63) is 0 Å². The van der Waals surface area contributed by atoms with Crippen LogP contribution in [0.2, 0.25) is 0 Å². The number of halogens is 2. The summed E-state index contributed by atoms with van der Waals surface area (Å²) in [5, 5.41) is 2.07. The van der Waals surface area contributed by atoms with Gasteiger partial charge in [0.25, 0.3) is 6.43 Å². The number of alkyl halides is 2. The Balaban J connectivity index is 3.52. The highest BCUT2D eigenvalue weighted by Crippen LogP contribution is 1.89. The van der Waals surface area contributed by atoms with E-state index in [1.165, 1.54) is 4.90 Å². The van der Waals surface area contributed by atoms with E-state index in [2.05, 4.69) is 5.32 Å². The van der Waals surface area contributed by atoms with E-state index in [4.69, 9.17) is 0 Å². The van der Waals surface area contributed by atoms with Crippen LogP contribution in [0.5, 0.6) is 0 Å². The third-order valence-electron chi connectivity index (χ3n) is 1.23. The Morgan fingerprint density at radius 3 is 2.55 bits per heavy atom. The Labute approximate surface area is 64.4 Å². The van der Waals surface area contributed by atoms with Gasteiger partial charge < -0.3 is 10.2 Å². The fraction of sp³-hybridized carbons (Fsp3) is 0.833. The zero-order valence-corrected chi connectivity index (χ0v) is 6.60. The van der Waals surface area contributed by atoms with Crippen LogP contribution < -0.4 is 5.32 Å². The Morgan fingerprint density at radius 1 is 1.64 bits per heavy atom. The maximum atomic E-state index is 11.5. The second kappa shape index (κ2) is 4.87. The first-order valence-corrected chi connectivity index (χ1v) is 3.35. The topological polar surface area (TPSA) is 32.3 Å². The van der Waals surface area contributed by atoms with Gasteiger partial charge in [0.05, 0.1) is 6.54 Å². The van der Waals surface area contributed by atoms with Gasteiger partial charge in [0.2, 0.25) is 0 Å². The van der Waals surface area contributed by atoms with Gasteiger partial charge in [-0.1, -0.05) is 0 Å². The molecule has 0 aromatic rings. The van der Waals surface area contributed by atoms with Crippen LogP contribution in [0.3, 0.4) is 0 Å². The summed E-state index contributed by atoms with van der Waals surface area (Å²) in [4.78, 5) is 12.1. The second-order valence-electron chi connectivity index (χ2n) is 2.09. The van der Waals surface area contributed by atoms with Crippen LogP contribution in [0.15, 0.2) is 0 Å². The van der Waals surface area contributed by atoms with Gasteiger partial charge in [0.15, 0.2) is 0 Å². The van der Waals surface area contributed by atoms with Crippen molar-refractivity contribution in [3.63, 3.8) is 0 Å². The van der Waals surface area contributed by atoms with Crippen LogP contribution in [-0.4, -0.2) is 37.5 Å². The average Bonchev–Trinajstić information content (AvgIpc) is 1.98. The lowest BCUT2D eigenvalue weighted by atomic mass is 10.6. The molecule has 0 spiro atoms. The molecular formula is C6H12F2N2O. The molecule has 5 heteroatoms. The monoisotopic (exact) mass is 166 g/mol. The van der Waals surface area contributed by atoms with E-state index in [1.54, 1.807) is 14.0 Å². The van der Waals surface area contributed by atoms with Crippen molar-refractivity contribution >= 4 is 6.03 Å². The van der Waals surface area contributed by atoms with Crippen molar-refractivity contribution in [1.82, 2.24) is 10.2 Å². The fourth-order valence-electron chi connectivity index (χ4n) is 0.443. The third-order valence-corrected chi connectivity index (χ3v) is 1.23. The van der Waals surface area contributed by atoms with Crippen LogP contribution >= 0.6 is 0 Å². The molecule has 0 fully saturated rings. The molecule has 0 atom stereocenters. The predicted molar refractivity (Wildman–Crippen MR) is 37.7 cm³/mol. The minimum atomic E-state index is -2.48. The number of hydrogen-bond acceptors (Lipinski definition) is 1. The van der Waals surface area contributed by atoms with E-state index in [-0.39, 0.29) is 0 Å². The quantitative estimate of drug-likeness (QED) is 0.664. The lowest BCUT2D eigenvalue weighted by molar-refractivity contribution is 0.142. The number of carbonyl (C=O) groups excluding carboxylic acids is 1. The van der Waals surface area contributed by atoms with Crippen LogP contribution in [0.4, 0.5) is 13.6 Å². The standard InChI is InChI=1S/C6H12F2N2O/c1-3-10(2)6(11)9-4-5(7)8/h5H,3-4H2,1-2H3,(H,9,11). The van der Waals surface area contributed by atoms with Crippen LogP contribution in [0.25, 0.3) is 0 Å². The van der Waals surface area contributed by atoms with Gasteiger partial charge in [-0.2, -0.15) is 0 Å². The summed E-state index contributed by atoms with van der Waals surface area (Å²) in [6, 6.07) is -0.465. The minimum absolute atomic E-state index is 0.465. The predicted octanol–water partition coefficient (Wildman–Crippen LogP) is 0.913. The maximum absolute atomic E-state index is 11.5. The van der Waals surface area contributed by atoms with Crippen LogP contribution in [-0.2, 0) is 0 Å². The van der Waals surface area contributed by atoms with E-state index in [0.717, 1.165) is 0 Å². The lowest BCUT2D eigenvalue weighted by Crippen LogP contribution is -2.39. The maximum Gasteiger partial charge on any atom is 0.317 e. The van der Waals surface area contributed by atoms with E-state index in [1.807, 2.05) is 0 Å². The average molecular weight is 166 g/mol. The van der Waals surface area contributed by atoms with Gasteiger partial charge in [0, 0.05) is 13.6 Å². The van der Waals surface area contributed by atoms with Gasteiger partial charge in [0.1, 0.15) is 0 Å². The fourth-order valence-corrected chi connectivity index (χ4v) is 0.443. The lowest BCUT2D eigenvalue weighted by Gasteiger charge is -2.14. The molecule has 1 N–H and O–H groups in total. The Morgan fingerprint density at radius 2 is 2.18 bits per heavy atom. The molecule has 0 bridgehead atoms. The molecule has 0 aliphatic rings. The number of rotatable bonds is 3. The number of hydrogen-bond donors (Lipinski definition) is 1. The largest absolute Gasteiger partial charge is 0.332 e. The van der Waals surface area contributed by atoms with Crippen LogP contribution in [0, 0.1) is 0 Å². The zero-order chi connectivity index (χ0) is 8.85. The smallest absolute Gasteiger partial charge is 0.317 e. The van der Waals surface area contributed by atoms with Gasteiger partial charge in [-0.15, -0.1) is 0 Å². The van der Waals surface area contributed by atoms with E-state index in [0.29, 0.717) is 6.54 Å². The summed E-state index contributed by atoms with van der Waals surface area (Å²) in [5.74, 6) is 0. The molecular weight excluding hydrogens is 154 g/mol. The highest BCUT2D eigenvalue weighted by Gasteiger charge is 2.08. The zero-order valence-electron chi connectivity index (χ0n) is 6.60. The number of urea groups is 1. The summed E-state index contributed by atoms with van der Waals surface area (Å²) in [7, 11) is 1.54. The molecule has 2 amide bonds. The minimum Gasteiger partial charge on any atom is -0.332 e. The highest BCUT2D eigenvalue weighted by molar-refractivity contribution is 5.73. The summed E-state index contributed by atoms with van der Waals surface area (Å²) < 4.78 is 23.1. The Hall–Kier alpha value is -0.870. The molecule has 0 heterocycles. The van der Waals surface area contributed by atoms with E-state index in [9.17, 15) is 13.6 Å². The SMILES string of the molecule is CCN(C)C(=O)NCC(F)F. The molecule has 0 aliphatic heterocycles. The van der Waals surface area contributed by atoms with Gasteiger partial charge in [-0.25, -0.2) is 13.6 Å². The first-order valence-electron chi connectivity index (χ1n) is 3.35. The normalized spacial score (nSPS) is 9.91. The van der Waals surface area contributed by atoms with Crippen molar-refractivity contribution in [2.75, 3.05) is 20.1 Å². The van der Waals surface area contributed by atoms with Crippen molar-refractivity contribution in [3.8, 4) is 0 Å². The summed E-state index contributed by atoms with van der Waals surface area (Å²) in [5.41, 5.74) is 0. The molecule has 0 aromatic heterocycles. The molecule has 0 radical (unpaired) electrons. The number of amides is 2. The van der Waals surface area contributed by atoms with Gasteiger partial charge >= 0.3 is 6.03 Å². The molecule has 0 aliphatic carbocycles. The first-order chi connectivity index (χ1) is 5.07. The van der Waals surface area contributed by atoms with Gasteiger partial charge in [-0.05, 0) is 6.92 Å². The molecule has 66 valence electrons. The molecule has 0 unspecified atom stereocenters. The summed E-state index contributed by atoms with van der Waals surface area (Å²) >= 11 is 0. The van der Waals surface area contributed by atoms with Crippen molar-refractivity contribution in [1.29, 1.82) is 0 Å². The Kier molecular flexibility index (Phi) is 4.49. The van der Waals surface area contributed by atoms with Gasteiger partial charge in [-0.3, -0.25) is 0 Å². The molecule has 0 saturated carbocycles. The highest BCUT2D eigenvalue weighted by atomic mass is 19.3. The third kappa shape index (κ3) is 4.52. The van der Waals surface area contributed by atoms with E-state index >= 15 is 0 Å². The first kappa shape index (κ1) is 10.1. The van der Waals surface area contributed by atoms with Crippen molar-refractivity contribution in [2.24, 2.45) is 0 Å². The number of nitrogens with one attached hydrogen (secondary N) is 1. The number of carbonyl (C=O) groups is 1. The molecule has 11 heavy (non-hydrogen) atoms. The molecule has 3 nitrogen and oxygen atoms in total. The molecule has 0 rings (SSSR count). The summed E-state index contributed by atoms with van der Waals surface area (Å²) in [6.07, 6.45) is -2.48. The number of nitrogens with zero attached hydrogens (tertiary/aromatic N) is 1. The molecule has 0 aromatic carbocycles. The summed E-state index contributed by atoms with van der Waals surface area (Å²) in [6.45, 7) is 1.69. The van der Waals surface area contributed by atoms with Crippen molar-refractivity contribution in [2.45, 2.75) is 13.3 Å². The second-order valence-corrected chi connectivity index (χ2v) is 2.09. The molecule has 0 saturated heterocycles. The van der Waals surface area contributed by atoms with Crippen molar-refractivity contribution < 1.29 is 13.6 Å². The Bertz CT molecular complexity index is 130. The van der Waals surface area contributed by atoms with Crippen LogP contribution in [0.1, 0.15) is 6.92 Å². The van der Waals surface area contributed by atoms with E-state index < -0.39 is 19.0 Å².